The SMILES string of the molecule is COc1ccc(NC(=O)c2ccc(Nc3ncc(-c4cccc(F)c4)cn3)cc2)cc1Cl. The fourth-order valence-electron chi connectivity index (χ4n) is 2.99. The van der Waals surface area contributed by atoms with Gasteiger partial charge in [-0.3, -0.25) is 4.79 Å². The van der Waals surface area contributed by atoms with Gasteiger partial charge in [0.2, 0.25) is 5.95 Å². The first kappa shape index (κ1) is 21.3. The van der Waals surface area contributed by atoms with E-state index in [0.717, 1.165) is 0 Å². The number of hydrogen-bond donors (Lipinski definition) is 2. The molecule has 0 saturated heterocycles. The summed E-state index contributed by atoms with van der Waals surface area (Å²) in [6.07, 6.45) is 3.23. The number of aromatic nitrogens is 2. The molecule has 2 N–H and O–H groups in total. The van der Waals surface area contributed by atoms with E-state index in [9.17, 15) is 9.18 Å². The molecule has 0 spiro atoms. The van der Waals surface area contributed by atoms with Crippen molar-refractivity contribution >= 4 is 34.8 Å². The van der Waals surface area contributed by atoms with E-state index in [0.29, 0.717) is 44.8 Å². The zero-order chi connectivity index (χ0) is 22.5. The summed E-state index contributed by atoms with van der Waals surface area (Å²) in [7, 11) is 1.53. The molecule has 0 aliphatic rings. The summed E-state index contributed by atoms with van der Waals surface area (Å²) < 4.78 is 18.5. The molecule has 8 heteroatoms. The topological polar surface area (TPSA) is 76.1 Å². The van der Waals surface area contributed by atoms with Crippen LogP contribution in [0.5, 0.6) is 5.75 Å². The van der Waals surface area contributed by atoms with Crippen LogP contribution in [0.15, 0.2) is 79.1 Å². The molecule has 0 saturated carbocycles. The largest absolute Gasteiger partial charge is 0.495 e. The number of hydrogen-bond acceptors (Lipinski definition) is 5. The number of anilines is 3. The van der Waals surface area contributed by atoms with Crippen molar-refractivity contribution in [2.45, 2.75) is 0 Å². The van der Waals surface area contributed by atoms with Gasteiger partial charge in [-0.1, -0.05) is 23.7 Å². The third-order valence-electron chi connectivity index (χ3n) is 4.62. The fraction of sp³-hybridized carbons (Fsp3) is 0.0417. The number of rotatable bonds is 6. The maximum Gasteiger partial charge on any atom is 0.255 e. The number of carbonyl (C=O) groups excluding carboxylic acids is 1. The van der Waals surface area contributed by atoms with Crippen molar-refractivity contribution in [3.05, 3.63) is 95.5 Å². The molecule has 3 aromatic carbocycles. The predicted octanol–water partition coefficient (Wildman–Crippen LogP) is 5.94. The van der Waals surface area contributed by atoms with Crippen LogP contribution in [0.3, 0.4) is 0 Å². The Kier molecular flexibility index (Phi) is 6.28. The van der Waals surface area contributed by atoms with E-state index < -0.39 is 0 Å². The Hall–Kier alpha value is -3.97. The van der Waals surface area contributed by atoms with Crippen LogP contribution in [0.4, 0.5) is 21.7 Å². The quantitative estimate of drug-likeness (QED) is 0.381. The van der Waals surface area contributed by atoms with E-state index >= 15 is 0 Å². The molecular weight excluding hydrogens is 431 g/mol. The number of nitrogens with zero attached hydrogens (tertiary/aromatic N) is 2. The van der Waals surface area contributed by atoms with Gasteiger partial charge >= 0.3 is 0 Å². The molecule has 0 unspecified atom stereocenters. The minimum Gasteiger partial charge on any atom is -0.495 e. The summed E-state index contributed by atoms with van der Waals surface area (Å²) in [6, 6.07) is 18.1. The number of carbonyl (C=O) groups is 1. The highest BCUT2D eigenvalue weighted by atomic mass is 35.5. The van der Waals surface area contributed by atoms with Crippen molar-refractivity contribution in [3.8, 4) is 16.9 Å². The first-order chi connectivity index (χ1) is 15.5. The van der Waals surface area contributed by atoms with Crippen LogP contribution in [0, 0.1) is 5.82 Å². The molecule has 0 aliphatic carbocycles. The van der Waals surface area contributed by atoms with Gasteiger partial charge in [0.25, 0.3) is 5.91 Å². The van der Waals surface area contributed by atoms with Gasteiger partial charge in [-0.2, -0.15) is 0 Å². The van der Waals surface area contributed by atoms with Gasteiger partial charge in [0.15, 0.2) is 0 Å². The molecule has 1 heterocycles. The summed E-state index contributed by atoms with van der Waals surface area (Å²) >= 11 is 6.10. The van der Waals surface area contributed by atoms with E-state index in [1.807, 2.05) is 0 Å². The second-order valence-corrected chi connectivity index (χ2v) is 7.22. The molecule has 1 aromatic heterocycles. The van der Waals surface area contributed by atoms with E-state index in [-0.39, 0.29) is 11.7 Å². The van der Waals surface area contributed by atoms with Gasteiger partial charge in [-0.15, -0.1) is 0 Å². The molecule has 0 bridgehead atoms. The molecule has 0 fully saturated rings. The molecule has 4 rings (SSSR count). The van der Waals surface area contributed by atoms with Crippen LogP contribution in [-0.2, 0) is 0 Å². The number of ether oxygens (including phenoxy) is 1. The van der Waals surface area contributed by atoms with Gasteiger partial charge in [0, 0.05) is 34.9 Å². The lowest BCUT2D eigenvalue weighted by Crippen LogP contribution is -2.11. The number of benzene rings is 3. The summed E-state index contributed by atoms with van der Waals surface area (Å²) in [5.74, 6) is 0.332. The van der Waals surface area contributed by atoms with Crippen molar-refractivity contribution in [2.75, 3.05) is 17.7 Å². The molecule has 4 aromatic rings. The second-order valence-electron chi connectivity index (χ2n) is 6.81. The lowest BCUT2D eigenvalue weighted by atomic mass is 10.1. The van der Waals surface area contributed by atoms with Crippen molar-refractivity contribution in [2.24, 2.45) is 0 Å². The molecule has 0 radical (unpaired) electrons. The number of amides is 1. The maximum absolute atomic E-state index is 13.4. The Balaban J connectivity index is 1.40. The van der Waals surface area contributed by atoms with Crippen molar-refractivity contribution in [1.29, 1.82) is 0 Å². The number of halogens is 2. The minimum atomic E-state index is -0.316. The number of nitrogens with one attached hydrogen (secondary N) is 2. The van der Waals surface area contributed by atoms with Crippen LogP contribution < -0.4 is 15.4 Å². The first-order valence-electron chi connectivity index (χ1n) is 9.62. The van der Waals surface area contributed by atoms with Gasteiger partial charge in [0.05, 0.1) is 12.1 Å². The van der Waals surface area contributed by atoms with Crippen LogP contribution in [0.1, 0.15) is 10.4 Å². The highest BCUT2D eigenvalue weighted by molar-refractivity contribution is 6.32. The Morgan fingerprint density at radius 1 is 0.938 bits per heavy atom. The minimum absolute atomic E-state index is 0.270. The van der Waals surface area contributed by atoms with Crippen molar-refractivity contribution < 1.29 is 13.9 Å². The zero-order valence-electron chi connectivity index (χ0n) is 17.0. The molecule has 0 aliphatic heterocycles. The van der Waals surface area contributed by atoms with E-state index in [1.165, 1.54) is 19.2 Å². The molecule has 32 heavy (non-hydrogen) atoms. The number of methoxy groups -OCH3 is 1. The average Bonchev–Trinajstić information content (AvgIpc) is 2.80. The summed E-state index contributed by atoms with van der Waals surface area (Å²) in [5.41, 5.74) is 3.16. The Labute approximate surface area is 189 Å². The van der Waals surface area contributed by atoms with Crippen molar-refractivity contribution in [1.82, 2.24) is 9.97 Å². The van der Waals surface area contributed by atoms with Crippen LogP contribution >= 0.6 is 11.6 Å². The van der Waals surface area contributed by atoms with Crippen molar-refractivity contribution in [3.63, 3.8) is 0 Å². The van der Waals surface area contributed by atoms with Gasteiger partial charge in [0.1, 0.15) is 11.6 Å². The van der Waals surface area contributed by atoms with Crippen LogP contribution in [0.25, 0.3) is 11.1 Å². The van der Waals surface area contributed by atoms with Gasteiger partial charge in [-0.25, -0.2) is 14.4 Å². The summed E-state index contributed by atoms with van der Waals surface area (Å²) in [5, 5.41) is 6.28. The second kappa shape index (κ2) is 9.45. The van der Waals surface area contributed by atoms with Crippen LogP contribution in [0.2, 0.25) is 5.02 Å². The Bertz CT molecular complexity index is 1250. The highest BCUT2D eigenvalue weighted by Gasteiger charge is 2.09. The smallest absolute Gasteiger partial charge is 0.255 e. The maximum atomic E-state index is 13.4. The molecule has 0 atom stereocenters. The third-order valence-corrected chi connectivity index (χ3v) is 4.92. The highest BCUT2D eigenvalue weighted by Crippen LogP contribution is 2.27. The molecule has 6 nitrogen and oxygen atoms in total. The first-order valence-corrected chi connectivity index (χ1v) is 9.99. The standard InChI is InChI=1S/C24H18ClFN4O2/c1-32-22-10-9-20(12-21(22)25)29-23(31)15-5-7-19(8-6-15)30-24-27-13-17(14-28-24)16-3-2-4-18(26)11-16/h2-14H,1H3,(H,29,31)(H,27,28,30). The van der Waals surface area contributed by atoms with Crippen LogP contribution in [-0.4, -0.2) is 23.0 Å². The van der Waals surface area contributed by atoms with Gasteiger partial charge in [-0.05, 0) is 60.2 Å². The predicted molar refractivity (Wildman–Crippen MR) is 123 cm³/mol. The normalized spacial score (nSPS) is 10.5. The van der Waals surface area contributed by atoms with E-state index in [2.05, 4.69) is 20.6 Å². The summed E-state index contributed by atoms with van der Waals surface area (Å²) in [4.78, 5) is 21.0. The Morgan fingerprint density at radius 3 is 2.31 bits per heavy atom. The Morgan fingerprint density at radius 2 is 1.66 bits per heavy atom. The summed E-state index contributed by atoms with van der Waals surface area (Å²) in [6.45, 7) is 0. The lowest BCUT2D eigenvalue weighted by molar-refractivity contribution is 0.102. The zero-order valence-corrected chi connectivity index (χ0v) is 17.7. The fourth-order valence-corrected chi connectivity index (χ4v) is 3.25. The molecule has 160 valence electrons. The van der Waals surface area contributed by atoms with E-state index in [4.69, 9.17) is 16.3 Å². The average molecular weight is 449 g/mol. The molecular formula is C24H18ClFN4O2. The van der Waals surface area contributed by atoms with Gasteiger partial charge < -0.3 is 15.4 Å². The van der Waals surface area contributed by atoms with E-state index in [1.54, 1.807) is 67.0 Å². The third kappa shape index (κ3) is 5.01. The molecule has 1 amide bonds. The monoisotopic (exact) mass is 448 g/mol. The lowest BCUT2D eigenvalue weighted by Gasteiger charge is -2.09.